The van der Waals surface area contributed by atoms with Crippen LogP contribution in [0.3, 0.4) is 0 Å². The van der Waals surface area contributed by atoms with Gasteiger partial charge in [0.25, 0.3) is 0 Å². The third kappa shape index (κ3) is 2.58. The number of benzene rings is 2. The number of hydrogen-bond donors (Lipinski definition) is 1. The zero-order valence-corrected chi connectivity index (χ0v) is 11.4. The Balaban J connectivity index is 1.89. The van der Waals surface area contributed by atoms with Crippen molar-refractivity contribution in [3.05, 3.63) is 59.7 Å². The van der Waals surface area contributed by atoms with E-state index in [0.717, 1.165) is 22.2 Å². The lowest BCUT2D eigenvalue weighted by atomic mass is 10.2. The van der Waals surface area contributed by atoms with E-state index in [4.69, 9.17) is 0 Å². The van der Waals surface area contributed by atoms with Gasteiger partial charge in [-0.05, 0) is 30.2 Å². The molecule has 0 radical (unpaired) electrons. The second kappa shape index (κ2) is 4.97. The molecular weight excluding hydrogens is 256 g/mol. The maximum atomic E-state index is 12.3. The van der Waals surface area contributed by atoms with Crippen molar-refractivity contribution in [2.45, 2.75) is 17.8 Å². The Labute approximate surface area is 114 Å². The smallest absolute Gasteiger partial charge is 0.197 e. The Morgan fingerprint density at radius 3 is 2.74 bits per heavy atom. The van der Waals surface area contributed by atoms with Gasteiger partial charge in [-0.2, -0.15) is 0 Å². The first kappa shape index (κ1) is 12.1. The van der Waals surface area contributed by atoms with Gasteiger partial charge in [0.15, 0.2) is 5.16 Å². The van der Waals surface area contributed by atoms with E-state index >= 15 is 0 Å². The number of nitrogens with one attached hydrogen (secondary N) is 1. The lowest BCUT2D eigenvalue weighted by Gasteiger charge is -1.98. The third-order valence-corrected chi connectivity index (χ3v) is 4.19. The number of imidazole rings is 1. The van der Waals surface area contributed by atoms with Gasteiger partial charge < -0.3 is 4.98 Å². The number of H-pyrrole nitrogens is 1. The van der Waals surface area contributed by atoms with Crippen LogP contribution in [-0.2, 0) is 16.6 Å². The van der Waals surface area contributed by atoms with E-state index in [9.17, 15) is 4.21 Å². The molecule has 0 aliphatic carbocycles. The Morgan fingerprint density at radius 1 is 1.16 bits per heavy atom. The van der Waals surface area contributed by atoms with Crippen LogP contribution in [0.1, 0.15) is 11.1 Å². The van der Waals surface area contributed by atoms with Gasteiger partial charge in [0.2, 0.25) is 0 Å². The van der Waals surface area contributed by atoms with Gasteiger partial charge in [-0.1, -0.05) is 36.4 Å². The first-order valence-electron chi connectivity index (χ1n) is 6.11. The minimum Gasteiger partial charge on any atom is -0.331 e. The first-order valence-corrected chi connectivity index (χ1v) is 7.43. The van der Waals surface area contributed by atoms with Gasteiger partial charge in [-0.15, -0.1) is 0 Å². The number of rotatable bonds is 3. The second-order valence-corrected chi connectivity index (χ2v) is 5.90. The normalized spacial score (nSPS) is 12.7. The van der Waals surface area contributed by atoms with Crippen LogP contribution < -0.4 is 0 Å². The topological polar surface area (TPSA) is 45.8 Å². The predicted molar refractivity (Wildman–Crippen MR) is 77.4 cm³/mol. The maximum Gasteiger partial charge on any atom is 0.197 e. The summed E-state index contributed by atoms with van der Waals surface area (Å²) in [6.45, 7) is 2.03. The molecule has 3 aromatic rings. The standard InChI is InChI=1S/C15H14N2OS/c1-11-7-8-13-14(9-11)17-15(16-13)19(18)10-12-5-3-2-4-6-12/h2-9H,10H2,1H3,(H,16,17). The minimum atomic E-state index is -1.14. The highest BCUT2D eigenvalue weighted by molar-refractivity contribution is 7.84. The van der Waals surface area contributed by atoms with Crippen LogP contribution in [0.2, 0.25) is 0 Å². The van der Waals surface area contributed by atoms with Crippen LogP contribution in [0.25, 0.3) is 11.0 Å². The van der Waals surface area contributed by atoms with Crippen molar-refractivity contribution in [2.75, 3.05) is 0 Å². The van der Waals surface area contributed by atoms with E-state index in [2.05, 4.69) is 9.97 Å². The summed E-state index contributed by atoms with van der Waals surface area (Å²) in [4.78, 5) is 7.54. The first-order chi connectivity index (χ1) is 9.22. The molecule has 1 aromatic heterocycles. The molecule has 1 heterocycles. The Bertz CT molecular complexity index is 734. The number of aromatic nitrogens is 2. The van der Waals surface area contributed by atoms with Crippen molar-refractivity contribution in [2.24, 2.45) is 0 Å². The third-order valence-electron chi connectivity index (χ3n) is 2.97. The van der Waals surface area contributed by atoms with Crippen molar-refractivity contribution < 1.29 is 4.21 Å². The average molecular weight is 270 g/mol. The predicted octanol–water partition coefficient (Wildman–Crippen LogP) is 3.18. The number of aromatic amines is 1. The molecule has 1 atom stereocenters. The molecule has 0 amide bonds. The van der Waals surface area contributed by atoms with Crippen LogP contribution in [0.4, 0.5) is 0 Å². The molecule has 96 valence electrons. The zero-order valence-electron chi connectivity index (χ0n) is 10.6. The average Bonchev–Trinajstić information content (AvgIpc) is 2.83. The van der Waals surface area contributed by atoms with Gasteiger partial charge in [0.1, 0.15) is 0 Å². The molecule has 1 N–H and O–H groups in total. The van der Waals surface area contributed by atoms with E-state index < -0.39 is 10.8 Å². The molecule has 19 heavy (non-hydrogen) atoms. The van der Waals surface area contributed by atoms with Crippen molar-refractivity contribution in [3.63, 3.8) is 0 Å². The molecule has 2 aromatic carbocycles. The molecule has 0 aliphatic heterocycles. The molecule has 0 spiro atoms. The van der Waals surface area contributed by atoms with Gasteiger partial charge in [-0.3, -0.25) is 4.21 Å². The van der Waals surface area contributed by atoms with Gasteiger partial charge in [0, 0.05) is 0 Å². The Kier molecular flexibility index (Phi) is 3.17. The van der Waals surface area contributed by atoms with E-state index in [1.807, 2.05) is 55.5 Å². The van der Waals surface area contributed by atoms with Crippen LogP contribution in [-0.4, -0.2) is 14.2 Å². The summed E-state index contributed by atoms with van der Waals surface area (Å²) in [5.41, 5.74) is 4.02. The van der Waals surface area contributed by atoms with E-state index in [1.54, 1.807) is 0 Å². The summed E-state index contributed by atoms with van der Waals surface area (Å²) in [6, 6.07) is 15.8. The van der Waals surface area contributed by atoms with Crippen LogP contribution in [0.15, 0.2) is 53.7 Å². The Morgan fingerprint density at radius 2 is 1.95 bits per heavy atom. The molecule has 0 saturated heterocycles. The summed E-state index contributed by atoms with van der Waals surface area (Å²) in [5.74, 6) is 0.486. The molecule has 3 nitrogen and oxygen atoms in total. The van der Waals surface area contributed by atoms with Crippen LogP contribution >= 0.6 is 0 Å². The van der Waals surface area contributed by atoms with Crippen molar-refractivity contribution >= 4 is 21.8 Å². The quantitative estimate of drug-likeness (QED) is 0.794. The summed E-state index contributed by atoms with van der Waals surface area (Å²) in [7, 11) is -1.14. The summed E-state index contributed by atoms with van der Waals surface area (Å²) >= 11 is 0. The SMILES string of the molecule is Cc1ccc2nc(S(=O)Cc3ccccc3)[nH]c2c1. The molecule has 0 fully saturated rings. The highest BCUT2D eigenvalue weighted by Crippen LogP contribution is 2.16. The highest BCUT2D eigenvalue weighted by Gasteiger charge is 2.10. The molecule has 0 aliphatic rings. The van der Waals surface area contributed by atoms with E-state index in [-0.39, 0.29) is 0 Å². The lowest BCUT2D eigenvalue weighted by Crippen LogP contribution is -1.98. The largest absolute Gasteiger partial charge is 0.331 e. The fourth-order valence-electron chi connectivity index (χ4n) is 2.00. The van der Waals surface area contributed by atoms with Gasteiger partial charge in [-0.25, -0.2) is 4.98 Å². The number of nitrogens with zero attached hydrogens (tertiary/aromatic N) is 1. The Hall–Kier alpha value is -1.94. The molecule has 0 bridgehead atoms. The van der Waals surface area contributed by atoms with Crippen LogP contribution in [0.5, 0.6) is 0 Å². The van der Waals surface area contributed by atoms with Crippen LogP contribution in [0, 0.1) is 6.92 Å². The summed E-state index contributed by atoms with van der Waals surface area (Å²) in [5, 5.41) is 0.546. The highest BCUT2D eigenvalue weighted by atomic mass is 32.2. The van der Waals surface area contributed by atoms with Crippen molar-refractivity contribution in [3.8, 4) is 0 Å². The molecule has 1 unspecified atom stereocenters. The fraction of sp³-hybridized carbons (Fsp3) is 0.133. The molecular formula is C15H14N2OS. The summed E-state index contributed by atoms with van der Waals surface area (Å²) < 4.78 is 12.3. The van der Waals surface area contributed by atoms with E-state index in [1.165, 1.54) is 0 Å². The molecule has 3 rings (SSSR count). The number of fused-ring (bicyclic) bond motifs is 1. The van der Waals surface area contributed by atoms with Crippen molar-refractivity contribution in [1.82, 2.24) is 9.97 Å². The van der Waals surface area contributed by atoms with Crippen molar-refractivity contribution in [1.29, 1.82) is 0 Å². The number of hydrogen-bond acceptors (Lipinski definition) is 2. The van der Waals surface area contributed by atoms with E-state index in [0.29, 0.717) is 10.9 Å². The maximum absolute atomic E-state index is 12.3. The zero-order chi connectivity index (χ0) is 13.2. The van der Waals surface area contributed by atoms with Gasteiger partial charge in [0.05, 0.1) is 27.6 Å². The summed E-state index contributed by atoms with van der Waals surface area (Å²) in [6.07, 6.45) is 0. The minimum absolute atomic E-state index is 0.486. The lowest BCUT2D eigenvalue weighted by molar-refractivity contribution is 0.677. The molecule has 4 heteroatoms. The second-order valence-electron chi connectivity index (χ2n) is 4.54. The van der Waals surface area contributed by atoms with Gasteiger partial charge >= 0.3 is 0 Å². The monoisotopic (exact) mass is 270 g/mol. The number of aryl methyl sites for hydroxylation is 1. The molecule has 0 saturated carbocycles. The fourth-order valence-corrected chi connectivity index (χ4v) is 3.06.